The van der Waals surface area contributed by atoms with E-state index in [-0.39, 0.29) is 16.9 Å². The minimum Gasteiger partial charge on any atom is -0.497 e. The number of rotatable bonds is 6. The molecule has 0 saturated heterocycles. The van der Waals surface area contributed by atoms with Gasteiger partial charge in [-0.2, -0.15) is 0 Å². The Labute approximate surface area is 131 Å². The summed E-state index contributed by atoms with van der Waals surface area (Å²) in [7, 11) is 2.91. The van der Waals surface area contributed by atoms with Gasteiger partial charge in [-0.25, -0.2) is 4.79 Å². The molecule has 2 aromatic rings. The Morgan fingerprint density at radius 2 is 1.96 bits per heavy atom. The highest BCUT2D eigenvalue weighted by molar-refractivity contribution is 5.98. The molecule has 0 aliphatic heterocycles. The Kier molecular flexibility index (Phi) is 4.65. The van der Waals surface area contributed by atoms with Gasteiger partial charge in [0.2, 0.25) is 0 Å². The number of nitrogens with one attached hydrogen (secondary N) is 1. The summed E-state index contributed by atoms with van der Waals surface area (Å²) in [6.07, 6.45) is 0. The lowest BCUT2D eigenvalue weighted by Gasteiger charge is -2.14. The van der Waals surface area contributed by atoms with E-state index < -0.39 is 10.9 Å². The van der Waals surface area contributed by atoms with Crippen LogP contribution in [0.2, 0.25) is 0 Å². The number of anilines is 2. The molecule has 2 rings (SSSR count). The molecule has 0 aliphatic rings. The Bertz CT molecular complexity index is 727. The fraction of sp³-hybridized carbons (Fsp3) is 0.133. The molecule has 120 valence electrons. The largest absolute Gasteiger partial charge is 0.497 e. The van der Waals surface area contributed by atoms with Crippen molar-refractivity contribution in [3.63, 3.8) is 0 Å². The van der Waals surface area contributed by atoms with Crippen molar-refractivity contribution in [1.29, 1.82) is 0 Å². The predicted molar refractivity (Wildman–Crippen MR) is 82.9 cm³/mol. The van der Waals surface area contributed by atoms with Crippen LogP contribution in [0.3, 0.4) is 0 Å². The maximum Gasteiger partial charge on any atom is 0.338 e. The molecule has 0 fully saturated rings. The van der Waals surface area contributed by atoms with E-state index in [9.17, 15) is 20.0 Å². The van der Waals surface area contributed by atoms with Crippen molar-refractivity contribution in [2.45, 2.75) is 0 Å². The fourth-order valence-electron chi connectivity index (χ4n) is 2.05. The molecule has 0 atom stereocenters. The van der Waals surface area contributed by atoms with Crippen LogP contribution in [-0.4, -0.2) is 30.2 Å². The van der Waals surface area contributed by atoms with Crippen LogP contribution in [0.15, 0.2) is 36.4 Å². The monoisotopic (exact) mass is 318 g/mol. The Morgan fingerprint density at radius 1 is 1.22 bits per heavy atom. The molecule has 0 aromatic heterocycles. The Balaban J connectivity index is 2.59. The average Bonchev–Trinajstić information content (AvgIpc) is 2.54. The smallest absolute Gasteiger partial charge is 0.338 e. The second-order valence-electron chi connectivity index (χ2n) is 4.45. The number of hydrogen-bond donors (Lipinski definition) is 2. The molecule has 0 saturated carbocycles. The van der Waals surface area contributed by atoms with Gasteiger partial charge in [0.05, 0.1) is 30.4 Å². The van der Waals surface area contributed by atoms with Gasteiger partial charge in [0.15, 0.2) is 0 Å². The van der Waals surface area contributed by atoms with Crippen molar-refractivity contribution in [2.24, 2.45) is 0 Å². The van der Waals surface area contributed by atoms with Gasteiger partial charge in [0.1, 0.15) is 17.2 Å². The number of para-hydroxylation sites is 1. The molecule has 23 heavy (non-hydrogen) atoms. The highest BCUT2D eigenvalue weighted by Crippen LogP contribution is 2.36. The second kappa shape index (κ2) is 6.65. The zero-order valence-corrected chi connectivity index (χ0v) is 12.4. The van der Waals surface area contributed by atoms with Gasteiger partial charge in [0, 0.05) is 12.1 Å². The molecular formula is C15H14N2O6. The summed E-state index contributed by atoms with van der Waals surface area (Å²) in [6, 6.07) is 8.64. The minimum atomic E-state index is -1.28. The molecule has 8 heteroatoms. The number of carboxylic acid groups (broad SMARTS) is 1. The fourth-order valence-corrected chi connectivity index (χ4v) is 2.05. The van der Waals surface area contributed by atoms with Crippen molar-refractivity contribution in [2.75, 3.05) is 19.5 Å². The van der Waals surface area contributed by atoms with E-state index in [0.717, 1.165) is 0 Å². The van der Waals surface area contributed by atoms with E-state index in [1.807, 2.05) is 0 Å². The highest BCUT2D eigenvalue weighted by Gasteiger charge is 2.22. The van der Waals surface area contributed by atoms with Crippen molar-refractivity contribution < 1.29 is 24.3 Å². The summed E-state index contributed by atoms with van der Waals surface area (Å²) >= 11 is 0. The number of nitrogens with zero attached hydrogens (tertiary/aromatic N) is 1. The lowest BCUT2D eigenvalue weighted by atomic mass is 10.1. The lowest BCUT2D eigenvalue weighted by Crippen LogP contribution is -2.06. The van der Waals surface area contributed by atoms with Gasteiger partial charge in [0.25, 0.3) is 5.69 Å². The number of nitro groups is 1. The minimum absolute atomic E-state index is 0.128. The maximum absolute atomic E-state index is 11.3. The van der Waals surface area contributed by atoms with E-state index in [2.05, 4.69) is 5.32 Å². The number of ether oxygens (including phenoxy) is 2. The van der Waals surface area contributed by atoms with Gasteiger partial charge in [-0.1, -0.05) is 6.07 Å². The van der Waals surface area contributed by atoms with E-state index >= 15 is 0 Å². The van der Waals surface area contributed by atoms with Crippen LogP contribution < -0.4 is 14.8 Å². The van der Waals surface area contributed by atoms with Gasteiger partial charge in [-0.15, -0.1) is 0 Å². The third-order valence-corrected chi connectivity index (χ3v) is 3.14. The number of hydrogen-bond acceptors (Lipinski definition) is 6. The van der Waals surface area contributed by atoms with Gasteiger partial charge < -0.3 is 19.9 Å². The standard InChI is InChI=1S/C15H14N2O6/c1-22-9-6-7-13(23-2)11(8-9)16-14-10(15(18)19)4-3-5-12(14)17(20)21/h3-8,16H,1-2H3,(H,18,19). The number of carboxylic acids is 1. The van der Waals surface area contributed by atoms with Crippen molar-refractivity contribution >= 4 is 23.0 Å². The first-order chi connectivity index (χ1) is 11.0. The molecule has 0 bridgehead atoms. The van der Waals surface area contributed by atoms with E-state index in [4.69, 9.17) is 9.47 Å². The zero-order valence-electron chi connectivity index (χ0n) is 12.4. The summed E-state index contributed by atoms with van der Waals surface area (Å²) in [4.78, 5) is 21.9. The molecule has 0 heterocycles. The Hall–Kier alpha value is -3.29. The van der Waals surface area contributed by atoms with Crippen LogP contribution in [0, 0.1) is 10.1 Å². The average molecular weight is 318 g/mol. The second-order valence-corrected chi connectivity index (χ2v) is 4.45. The van der Waals surface area contributed by atoms with Gasteiger partial charge >= 0.3 is 5.97 Å². The first-order valence-corrected chi connectivity index (χ1v) is 6.47. The van der Waals surface area contributed by atoms with Crippen LogP contribution in [0.25, 0.3) is 0 Å². The number of carbonyl (C=O) groups is 1. The Morgan fingerprint density at radius 3 is 2.52 bits per heavy atom. The number of nitro benzene ring substituents is 1. The molecule has 0 aliphatic carbocycles. The van der Waals surface area contributed by atoms with Crippen molar-refractivity contribution in [3.8, 4) is 11.5 Å². The predicted octanol–water partition coefficient (Wildman–Crippen LogP) is 3.05. The first kappa shape index (κ1) is 16.1. The SMILES string of the molecule is COc1ccc(OC)c(Nc2c(C(=O)O)cccc2[N+](=O)[O-])c1. The third kappa shape index (κ3) is 3.31. The first-order valence-electron chi connectivity index (χ1n) is 6.47. The van der Waals surface area contributed by atoms with E-state index in [1.54, 1.807) is 18.2 Å². The van der Waals surface area contributed by atoms with Crippen LogP contribution in [0.4, 0.5) is 17.1 Å². The molecule has 0 amide bonds. The highest BCUT2D eigenvalue weighted by atomic mass is 16.6. The van der Waals surface area contributed by atoms with Crippen molar-refractivity contribution in [1.82, 2.24) is 0 Å². The van der Waals surface area contributed by atoms with Crippen LogP contribution >= 0.6 is 0 Å². The number of methoxy groups -OCH3 is 2. The number of benzene rings is 2. The van der Waals surface area contributed by atoms with Gasteiger partial charge in [-0.3, -0.25) is 10.1 Å². The normalized spacial score (nSPS) is 10.0. The van der Waals surface area contributed by atoms with Gasteiger partial charge in [-0.05, 0) is 18.2 Å². The zero-order chi connectivity index (χ0) is 17.0. The molecule has 0 unspecified atom stereocenters. The molecule has 0 radical (unpaired) electrons. The van der Waals surface area contributed by atoms with E-state index in [1.165, 1.54) is 32.4 Å². The van der Waals surface area contributed by atoms with Crippen LogP contribution in [0.5, 0.6) is 11.5 Å². The molecule has 2 N–H and O–H groups in total. The molecular weight excluding hydrogens is 304 g/mol. The summed E-state index contributed by atoms with van der Waals surface area (Å²) in [5.41, 5.74) is -0.348. The summed E-state index contributed by atoms with van der Waals surface area (Å²) < 4.78 is 10.3. The summed E-state index contributed by atoms with van der Waals surface area (Å²) in [5.74, 6) is -0.401. The maximum atomic E-state index is 11.3. The third-order valence-electron chi connectivity index (χ3n) is 3.14. The summed E-state index contributed by atoms with van der Waals surface area (Å²) in [5, 5.41) is 23.2. The van der Waals surface area contributed by atoms with Crippen molar-refractivity contribution in [3.05, 3.63) is 52.1 Å². The number of aromatic carboxylic acids is 1. The summed E-state index contributed by atoms with van der Waals surface area (Å²) in [6.45, 7) is 0. The van der Waals surface area contributed by atoms with Crippen LogP contribution in [-0.2, 0) is 0 Å². The molecule has 2 aromatic carbocycles. The quantitative estimate of drug-likeness (QED) is 0.622. The molecule has 0 spiro atoms. The molecule has 8 nitrogen and oxygen atoms in total. The van der Waals surface area contributed by atoms with Crippen LogP contribution in [0.1, 0.15) is 10.4 Å². The topological polar surface area (TPSA) is 111 Å². The van der Waals surface area contributed by atoms with E-state index in [0.29, 0.717) is 17.2 Å². The lowest BCUT2D eigenvalue weighted by molar-refractivity contribution is -0.383.